The molecule has 2 aromatic rings. The van der Waals surface area contributed by atoms with Crippen LogP contribution in [0.5, 0.6) is 0 Å². The van der Waals surface area contributed by atoms with E-state index in [2.05, 4.69) is 21.2 Å². The number of nitrogens with two attached hydrogens (primary N) is 1. The maximum Gasteiger partial charge on any atom is 0.251 e. The Labute approximate surface area is 121 Å². The highest BCUT2D eigenvalue weighted by Gasteiger charge is 2.09. The zero-order valence-corrected chi connectivity index (χ0v) is 12.2. The molecule has 0 aromatic heterocycles. The quantitative estimate of drug-likeness (QED) is 0.853. The molecule has 0 heterocycles. The van der Waals surface area contributed by atoms with E-state index < -0.39 is 0 Å². The van der Waals surface area contributed by atoms with Crippen LogP contribution in [0.2, 0.25) is 0 Å². The van der Waals surface area contributed by atoms with Crippen molar-refractivity contribution in [2.45, 2.75) is 13.5 Å². The van der Waals surface area contributed by atoms with Crippen molar-refractivity contribution in [3.8, 4) is 0 Å². The van der Waals surface area contributed by atoms with Crippen molar-refractivity contribution in [2.24, 2.45) is 0 Å². The zero-order valence-electron chi connectivity index (χ0n) is 10.6. The van der Waals surface area contributed by atoms with Gasteiger partial charge in [-0.1, -0.05) is 34.1 Å². The lowest BCUT2D eigenvalue weighted by Crippen LogP contribution is -2.23. The second-order valence-electron chi connectivity index (χ2n) is 4.39. The number of carbonyl (C=O) groups is 1. The van der Waals surface area contributed by atoms with Gasteiger partial charge in [0.05, 0.1) is 0 Å². The van der Waals surface area contributed by atoms with Crippen LogP contribution in [0.3, 0.4) is 0 Å². The van der Waals surface area contributed by atoms with E-state index in [1.807, 2.05) is 49.4 Å². The van der Waals surface area contributed by atoms with E-state index in [0.29, 0.717) is 17.8 Å². The number of halogens is 1. The smallest absolute Gasteiger partial charge is 0.251 e. The third-order valence-corrected chi connectivity index (χ3v) is 3.34. The molecule has 3 N–H and O–H groups in total. The number of hydrogen-bond donors (Lipinski definition) is 2. The molecule has 0 aliphatic rings. The first-order chi connectivity index (χ1) is 9.06. The molecule has 0 aliphatic heterocycles. The molecule has 0 unspecified atom stereocenters. The fourth-order valence-electron chi connectivity index (χ4n) is 1.82. The molecule has 2 rings (SSSR count). The number of carbonyl (C=O) groups excluding carboxylic acids is 1. The third-order valence-electron chi connectivity index (χ3n) is 2.85. The first-order valence-electron chi connectivity index (χ1n) is 5.95. The number of benzene rings is 2. The molecular formula is C15H15BrN2O. The van der Waals surface area contributed by atoms with Crippen LogP contribution < -0.4 is 11.1 Å². The van der Waals surface area contributed by atoms with Crippen LogP contribution in [-0.2, 0) is 6.54 Å². The summed E-state index contributed by atoms with van der Waals surface area (Å²) >= 11 is 3.37. The van der Waals surface area contributed by atoms with Gasteiger partial charge in [0.15, 0.2) is 0 Å². The summed E-state index contributed by atoms with van der Waals surface area (Å²) in [5.74, 6) is -0.0822. The Morgan fingerprint density at radius 1 is 1.26 bits per heavy atom. The molecule has 0 fully saturated rings. The third kappa shape index (κ3) is 3.58. The molecule has 0 bridgehead atoms. The fraction of sp³-hybridized carbons (Fsp3) is 0.133. The van der Waals surface area contributed by atoms with Crippen molar-refractivity contribution in [3.63, 3.8) is 0 Å². The Hall–Kier alpha value is -1.81. The van der Waals surface area contributed by atoms with Gasteiger partial charge in [0.2, 0.25) is 0 Å². The Morgan fingerprint density at radius 3 is 2.79 bits per heavy atom. The van der Waals surface area contributed by atoms with Crippen LogP contribution in [0.25, 0.3) is 0 Å². The highest BCUT2D eigenvalue weighted by atomic mass is 79.9. The van der Waals surface area contributed by atoms with Gasteiger partial charge in [-0.15, -0.1) is 0 Å². The molecule has 0 atom stereocenters. The van der Waals surface area contributed by atoms with Crippen LogP contribution in [0.1, 0.15) is 21.5 Å². The van der Waals surface area contributed by atoms with Crippen LogP contribution >= 0.6 is 15.9 Å². The van der Waals surface area contributed by atoms with E-state index in [9.17, 15) is 4.79 Å². The molecule has 0 aliphatic carbocycles. The number of anilines is 1. The zero-order chi connectivity index (χ0) is 13.8. The summed E-state index contributed by atoms with van der Waals surface area (Å²) in [5.41, 5.74) is 9.02. The van der Waals surface area contributed by atoms with Crippen LogP contribution in [0.4, 0.5) is 5.69 Å². The van der Waals surface area contributed by atoms with E-state index in [0.717, 1.165) is 15.6 Å². The van der Waals surface area contributed by atoms with Crippen molar-refractivity contribution >= 4 is 27.5 Å². The summed E-state index contributed by atoms with van der Waals surface area (Å²) in [5, 5.41) is 2.90. The van der Waals surface area contributed by atoms with Crippen molar-refractivity contribution < 1.29 is 4.79 Å². The number of nitrogen functional groups attached to an aromatic ring is 1. The largest absolute Gasteiger partial charge is 0.399 e. The highest BCUT2D eigenvalue weighted by Crippen LogP contribution is 2.16. The topological polar surface area (TPSA) is 55.1 Å². The van der Waals surface area contributed by atoms with Crippen molar-refractivity contribution in [1.82, 2.24) is 5.32 Å². The summed E-state index contributed by atoms with van der Waals surface area (Å²) < 4.78 is 0.896. The van der Waals surface area contributed by atoms with Gasteiger partial charge in [0.25, 0.3) is 5.91 Å². The second kappa shape index (κ2) is 5.89. The van der Waals surface area contributed by atoms with Crippen LogP contribution in [0, 0.1) is 6.92 Å². The lowest BCUT2D eigenvalue weighted by atomic mass is 10.1. The number of amides is 1. The fourth-order valence-corrected chi connectivity index (χ4v) is 2.18. The number of hydrogen-bond acceptors (Lipinski definition) is 2. The molecule has 2 aromatic carbocycles. The lowest BCUT2D eigenvalue weighted by Gasteiger charge is -2.08. The summed E-state index contributed by atoms with van der Waals surface area (Å²) in [6.07, 6.45) is 0. The van der Waals surface area contributed by atoms with Gasteiger partial charge >= 0.3 is 0 Å². The number of rotatable bonds is 3. The minimum Gasteiger partial charge on any atom is -0.399 e. The molecule has 0 spiro atoms. The van der Waals surface area contributed by atoms with Crippen LogP contribution in [-0.4, -0.2) is 5.91 Å². The molecule has 0 radical (unpaired) electrons. The molecule has 98 valence electrons. The SMILES string of the molecule is Cc1ccc(Br)cc1C(=O)NCc1cccc(N)c1. The lowest BCUT2D eigenvalue weighted by molar-refractivity contribution is 0.0950. The summed E-state index contributed by atoms with van der Waals surface area (Å²) in [6.45, 7) is 2.39. The van der Waals surface area contributed by atoms with E-state index in [1.165, 1.54) is 0 Å². The average Bonchev–Trinajstić information content (AvgIpc) is 2.39. The normalized spacial score (nSPS) is 10.2. The van der Waals surface area contributed by atoms with Crippen molar-refractivity contribution in [3.05, 3.63) is 63.6 Å². The Kier molecular flexibility index (Phi) is 4.22. The van der Waals surface area contributed by atoms with Gasteiger partial charge < -0.3 is 11.1 Å². The van der Waals surface area contributed by atoms with Crippen molar-refractivity contribution in [1.29, 1.82) is 0 Å². The maximum atomic E-state index is 12.1. The first-order valence-corrected chi connectivity index (χ1v) is 6.74. The van der Waals surface area contributed by atoms with Crippen molar-refractivity contribution in [2.75, 3.05) is 5.73 Å². The monoisotopic (exact) mass is 318 g/mol. The Morgan fingerprint density at radius 2 is 2.05 bits per heavy atom. The second-order valence-corrected chi connectivity index (χ2v) is 5.30. The van der Waals surface area contributed by atoms with Crippen LogP contribution in [0.15, 0.2) is 46.9 Å². The van der Waals surface area contributed by atoms with Gasteiger partial charge in [-0.05, 0) is 42.3 Å². The Bertz CT molecular complexity index is 611. The highest BCUT2D eigenvalue weighted by molar-refractivity contribution is 9.10. The Balaban J connectivity index is 2.07. The molecule has 0 saturated heterocycles. The summed E-state index contributed by atoms with van der Waals surface area (Å²) in [6, 6.07) is 13.1. The minimum atomic E-state index is -0.0822. The number of nitrogens with one attached hydrogen (secondary N) is 1. The van der Waals surface area contributed by atoms with Gasteiger partial charge in [-0.25, -0.2) is 0 Å². The summed E-state index contributed by atoms with van der Waals surface area (Å²) in [4.78, 5) is 12.1. The molecular weight excluding hydrogens is 304 g/mol. The maximum absolute atomic E-state index is 12.1. The number of aryl methyl sites for hydroxylation is 1. The van der Waals surface area contributed by atoms with Gasteiger partial charge in [-0.3, -0.25) is 4.79 Å². The van der Waals surface area contributed by atoms with E-state index in [1.54, 1.807) is 0 Å². The van der Waals surface area contributed by atoms with Gasteiger partial charge in [0, 0.05) is 22.3 Å². The predicted molar refractivity (Wildman–Crippen MR) is 80.9 cm³/mol. The molecule has 19 heavy (non-hydrogen) atoms. The molecule has 3 nitrogen and oxygen atoms in total. The predicted octanol–water partition coefficient (Wildman–Crippen LogP) is 3.27. The molecule has 1 amide bonds. The molecule has 4 heteroatoms. The van der Waals surface area contributed by atoms with Gasteiger partial charge in [-0.2, -0.15) is 0 Å². The van der Waals surface area contributed by atoms with Gasteiger partial charge in [0.1, 0.15) is 0 Å². The summed E-state index contributed by atoms with van der Waals surface area (Å²) in [7, 11) is 0. The first kappa shape index (κ1) is 13.6. The van der Waals surface area contributed by atoms with E-state index in [-0.39, 0.29) is 5.91 Å². The molecule has 0 saturated carbocycles. The minimum absolute atomic E-state index is 0.0822. The van der Waals surface area contributed by atoms with E-state index >= 15 is 0 Å². The standard InChI is InChI=1S/C15H15BrN2O/c1-10-5-6-12(16)8-14(10)15(19)18-9-11-3-2-4-13(17)7-11/h2-8H,9,17H2,1H3,(H,18,19). The average molecular weight is 319 g/mol. The van der Waals surface area contributed by atoms with E-state index in [4.69, 9.17) is 5.73 Å².